The number of benzene rings is 2. The molecule has 1 N–H and O–H groups in total. The van der Waals surface area contributed by atoms with E-state index in [1.807, 2.05) is 31.2 Å². The van der Waals surface area contributed by atoms with Crippen molar-refractivity contribution in [1.82, 2.24) is 4.90 Å². The van der Waals surface area contributed by atoms with Crippen LogP contribution in [0, 0.1) is 6.92 Å². The van der Waals surface area contributed by atoms with Gasteiger partial charge in [0.2, 0.25) is 0 Å². The predicted molar refractivity (Wildman–Crippen MR) is 124 cm³/mol. The summed E-state index contributed by atoms with van der Waals surface area (Å²) in [4.78, 5) is 39.3. The van der Waals surface area contributed by atoms with E-state index < -0.39 is 18.5 Å². The average molecular weight is 466 g/mol. The summed E-state index contributed by atoms with van der Waals surface area (Å²) in [6, 6.07) is 13.6. The molecule has 0 saturated heterocycles. The number of carbonyl (C=O) groups excluding carboxylic acids is 3. The van der Waals surface area contributed by atoms with Crippen LogP contribution in [0.25, 0.3) is 0 Å². The van der Waals surface area contributed by atoms with E-state index in [0.717, 1.165) is 11.1 Å². The fourth-order valence-corrected chi connectivity index (χ4v) is 3.11. The summed E-state index contributed by atoms with van der Waals surface area (Å²) in [6.45, 7) is 1.89. The SMILES string of the molecule is COc1cc(NC(=O)c2ccco2)c(C(=O)OCC(=O)N(C)Cc2ccc(C)cc2)cc1OC. The lowest BCUT2D eigenvalue weighted by atomic mass is 10.1. The van der Waals surface area contributed by atoms with E-state index in [1.54, 1.807) is 13.1 Å². The van der Waals surface area contributed by atoms with Crippen LogP contribution in [0.15, 0.2) is 59.2 Å². The molecule has 0 aliphatic rings. The monoisotopic (exact) mass is 466 g/mol. The van der Waals surface area contributed by atoms with Crippen molar-refractivity contribution < 1.29 is 33.0 Å². The molecule has 3 rings (SSSR count). The van der Waals surface area contributed by atoms with Crippen LogP contribution < -0.4 is 14.8 Å². The van der Waals surface area contributed by atoms with Crippen molar-refractivity contribution in [1.29, 1.82) is 0 Å². The standard InChI is InChI=1S/C25H26N2O7/c1-16-7-9-17(10-8-16)14-27(2)23(28)15-34-25(30)18-12-21(31-3)22(32-4)13-19(18)26-24(29)20-6-5-11-33-20/h5-13H,14-15H2,1-4H3,(H,26,29). The number of likely N-dealkylation sites (N-methyl/N-ethyl adjacent to an activating group) is 1. The fraction of sp³-hybridized carbons (Fsp3) is 0.240. The molecule has 0 atom stereocenters. The Bertz CT molecular complexity index is 1150. The molecule has 0 saturated carbocycles. The van der Waals surface area contributed by atoms with Crippen LogP contribution in [0.4, 0.5) is 5.69 Å². The summed E-state index contributed by atoms with van der Waals surface area (Å²) in [7, 11) is 4.47. The number of esters is 1. The molecule has 0 bridgehead atoms. The Labute approximate surface area is 197 Å². The summed E-state index contributed by atoms with van der Waals surface area (Å²) in [5.74, 6) is -1.15. The lowest BCUT2D eigenvalue weighted by molar-refractivity contribution is -0.133. The Hall–Kier alpha value is -4.27. The zero-order valence-corrected chi connectivity index (χ0v) is 19.4. The minimum Gasteiger partial charge on any atom is -0.493 e. The van der Waals surface area contributed by atoms with Crippen molar-refractivity contribution in [2.75, 3.05) is 33.2 Å². The van der Waals surface area contributed by atoms with Gasteiger partial charge in [0.1, 0.15) is 0 Å². The largest absolute Gasteiger partial charge is 0.493 e. The van der Waals surface area contributed by atoms with E-state index in [2.05, 4.69) is 5.32 Å². The van der Waals surface area contributed by atoms with Gasteiger partial charge in [-0.3, -0.25) is 9.59 Å². The lowest BCUT2D eigenvalue weighted by Crippen LogP contribution is -2.31. The number of rotatable bonds is 9. The van der Waals surface area contributed by atoms with Crippen LogP contribution in [0.2, 0.25) is 0 Å². The molecule has 0 spiro atoms. The van der Waals surface area contributed by atoms with Gasteiger partial charge in [-0.15, -0.1) is 0 Å². The number of ether oxygens (including phenoxy) is 3. The molecule has 1 heterocycles. The maximum Gasteiger partial charge on any atom is 0.340 e. The highest BCUT2D eigenvalue weighted by Crippen LogP contribution is 2.34. The van der Waals surface area contributed by atoms with Crippen molar-refractivity contribution in [2.45, 2.75) is 13.5 Å². The number of hydrogen-bond donors (Lipinski definition) is 1. The highest BCUT2D eigenvalue weighted by atomic mass is 16.5. The molecule has 9 nitrogen and oxygen atoms in total. The molecule has 3 aromatic rings. The molecule has 0 aliphatic carbocycles. The van der Waals surface area contributed by atoms with E-state index >= 15 is 0 Å². The maximum atomic E-state index is 12.9. The van der Waals surface area contributed by atoms with Crippen LogP contribution in [0.3, 0.4) is 0 Å². The second-order valence-corrected chi connectivity index (χ2v) is 7.50. The lowest BCUT2D eigenvalue weighted by Gasteiger charge is -2.18. The van der Waals surface area contributed by atoms with E-state index in [1.165, 1.54) is 43.6 Å². The van der Waals surface area contributed by atoms with Gasteiger partial charge in [-0.05, 0) is 24.6 Å². The smallest absolute Gasteiger partial charge is 0.340 e. The van der Waals surface area contributed by atoms with E-state index in [0.29, 0.717) is 12.3 Å². The number of anilines is 1. The number of nitrogens with one attached hydrogen (secondary N) is 1. The van der Waals surface area contributed by atoms with Crippen molar-refractivity contribution in [3.63, 3.8) is 0 Å². The van der Waals surface area contributed by atoms with Gasteiger partial charge in [-0.1, -0.05) is 29.8 Å². The van der Waals surface area contributed by atoms with Gasteiger partial charge in [-0.25, -0.2) is 4.79 Å². The molecule has 0 aliphatic heterocycles. The summed E-state index contributed by atoms with van der Waals surface area (Å²) < 4.78 is 20.9. The molecule has 2 aromatic carbocycles. The number of amides is 2. The van der Waals surface area contributed by atoms with Crippen molar-refractivity contribution in [2.24, 2.45) is 0 Å². The first-order valence-corrected chi connectivity index (χ1v) is 10.4. The normalized spacial score (nSPS) is 10.4. The highest BCUT2D eigenvalue weighted by molar-refractivity contribution is 6.07. The summed E-state index contributed by atoms with van der Waals surface area (Å²) in [5.41, 5.74) is 2.18. The first-order chi connectivity index (χ1) is 16.3. The molecule has 0 fully saturated rings. The molecule has 2 amide bonds. The average Bonchev–Trinajstić information content (AvgIpc) is 3.38. The van der Waals surface area contributed by atoms with Crippen LogP contribution in [0.5, 0.6) is 11.5 Å². The third-order valence-corrected chi connectivity index (χ3v) is 5.03. The Balaban J connectivity index is 1.73. The third kappa shape index (κ3) is 5.94. The van der Waals surface area contributed by atoms with Gasteiger partial charge >= 0.3 is 5.97 Å². The van der Waals surface area contributed by atoms with Gasteiger partial charge in [-0.2, -0.15) is 0 Å². The van der Waals surface area contributed by atoms with Crippen LogP contribution in [-0.4, -0.2) is 50.6 Å². The third-order valence-electron chi connectivity index (χ3n) is 5.03. The van der Waals surface area contributed by atoms with Gasteiger partial charge < -0.3 is 28.8 Å². The number of furan rings is 1. The Morgan fingerprint density at radius 3 is 2.29 bits per heavy atom. The van der Waals surface area contributed by atoms with Crippen LogP contribution in [0.1, 0.15) is 32.0 Å². The summed E-state index contributed by atoms with van der Waals surface area (Å²) in [6.07, 6.45) is 1.36. The zero-order valence-electron chi connectivity index (χ0n) is 19.4. The second-order valence-electron chi connectivity index (χ2n) is 7.50. The Kier molecular flexibility index (Phi) is 7.92. The second kappa shape index (κ2) is 11.0. The molecule has 34 heavy (non-hydrogen) atoms. The molecule has 178 valence electrons. The quantitative estimate of drug-likeness (QED) is 0.480. The summed E-state index contributed by atoms with van der Waals surface area (Å²) >= 11 is 0. The molecule has 0 unspecified atom stereocenters. The Morgan fingerprint density at radius 2 is 1.68 bits per heavy atom. The Morgan fingerprint density at radius 1 is 1.00 bits per heavy atom. The minimum absolute atomic E-state index is 0.00783. The van der Waals surface area contributed by atoms with Crippen molar-refractivity contribution in [3.05, 3.63) is 77.2 Å². The predicted octanol–water partition coefficient (Wildman–Crippen LogP) is 3.67. The molecular weight excluding hydrogens is 440 g/mol. The van der Waals surface area contributed by atoms with Gasteiger partial charge in [0.15, 0.2) is 23.9 Å². The molecule has 1 aromatic heterocycles. The van der Waals surface area contributed by atoms with Crippen LogP contribution in [-0.2, 0) is 16.1 Å². The minimum atomic E-state index is -0.812. The molecule has 9 heteroatoms. The number of carbonyl (C=O) groups is 3. The van der Waals surface area contributed by atoms with Gasteiger partial charge in [0.25, 0.3) is 11.8 Å². The topological polar surface area (TPSA) is 107 Å². The van der Waals surface area contributed by atoms with E-state index in [9.17, 15) is 14.4 Å². The zero-order chi connectivity index (χ0) is 24.7. The van der Waals surface area contributed by atoms with Crippen LogP contribution >= 0.6 is 0 Å². The molecule has 0 radical (unpaired) electrons. The first kappa shape index (κ1) is 24.4. The first-order valence-electron chi connectivity index (χ1n) is 10.4. The highest BCUT2D eigenvalue weighted by Gasteiger charge is 2.22. The fourth-order valence-electron chi connectivity index (χ4n) is 3.11. The number of methoxy groups -OCH3 is 2. The van der Waals surface area contributed by atoms with E-state index in [4.69, 9.17) is 18.6 Å². The van der Waals surface area contributed by atoms with E-state index in [-0.39, 0.29) is 28.7 Å². The molecular formula is C25H26N2O7. The van der Waals surface area contributed by atoms with Gasteiger partial charge in [0, 0.05) is 25.7 Å². The maximum absolute atomic E-state index is 12.9. The van der Waals surface area contributed by atoms with Crippen molar-refractivity contribution >= 4 is 23.5 Å². The van der Waals surface area contributed by atoms with Crippen molar-refractivity contribution in [3.8, 4) is 11.5 Å². The number of aryl methyl sites for hydroxylation is 1. The summed E-state index contributed by atoms with van der Waals surface area (Å²) in [5, 5.41) is 2.60. The number of nitrogens with zero attached hydrogens (tertiary/aromatic N) is 1. The van der Waals surface area contributed by atoms with Gasteiger partial charge in [0.05, 0.1) is 31.7 Å². The number of hydrogen-bond acceptors (Lipinski definition) is 7.